The Bertz CT molecular complexity index is 847. The number of ether oxygens (including phenoxy) is 1. The topological polar surface area (TPSA) is 70.7 Å². The van der Waals surface area contributed by atoms with Crippen LogP contribution in [0.1, 0.15) is 26.7 Å². The highest BCUT2D eigenvalue weighted by molar-refractivity contribution is 5.97. The molecular formula is C23H28FN3O3. The van der Waals surface area contributed by atoms with Crippen LogP contribution in [0.5, 0.6) is 11.5 Å². The fraction of sp³-hybridized carbons (Fsp3) is 0.391. The number of halogens is 1. The first-order chi connectivity index (χ1) is 14.4. The van der Waals surface area contributed by atoms with Crippen LogP contribution < -0.4 is 15.4 Å². The van der Waals surface area contributed by atoms with E-state index >= 15 is 0 Å². The van der Waals surface area contributed by atoms with E-state index in [2.05, 4.69) is 22.5 Å². The minimum absolute atomic E-state index is 0.143. The van der Waals surface area contributed by atoms with Crippen LogP contribution >= 0.6 is 0 Å². The Morgan fingerprint density at radius 3 is 2.23 bits per heavy atom. The lowest BCUT2D eigenvalue weighted by molar-refractivity contribution is -0.127. The number of carbonyl (C=O) groups excluding carboxylic acids is 2. The standard InChI is InChI=1S/C23H28FN3O3/c1-16-11-13-27(14-12-16)15-22(28)25-17(2)23(29)26-19-5-9-21(10-6-19)30-20-7-3-18(24)4-8-20/h3-10,16-17H,11-15H2,1-2H3,(H,25,28)(H,26,29). The zero-order valence-electron chi connectivity index (χ0n) is 17.4. The number of likely N-dealkylation sites (tertiary alicyclic amines) is 1. The summed E-state index contributed by atoms with van der Waals surface area (Å²) >= 11 is 0. The highest BCUT2D eigenvalue weighted by atomic mass is 19.1. The second-order valence-electron chi connectivity index (χ2n) is 7.82. The Morgan fingerprint density at radius 1 is 1.07 bits per heavy atom. The molecule has 2 amide bonds. The summed E-state index contributed by atoms with van der Waals surface area (Å²) in [5, 5.41) is 5.54. The van der Waals surface area contributed by atoms with E-state index in [1.807, 2.05) is 0 Å². The van der Waals surface area contributed by atoms with Crippen LogP contribution in [0.4, 0.5) is 10.1 Å². The molecule has 1 saturated heterocycles. The number of nitrogens with zero attached hydrogens (tertiary/aromatic N) is 1. The Morgan fingerprint density at radius 2 is 1.63 bits per heavy atom. The number of amides is 2. The molecule has 1 heterocycles. The minimum atomic E-state index is -0.642. The second kappa shape index (κ2) is 10.2. The molecule has 7 heteroatoms. The summed E-state index contributed by atoms with van der Waals surface area (Å²) in [6.45, 7) is 6.05. The summed E-state index contributed by atoms with van der Waals surface area (Å²) in [5.74, 6) is 1.04. The fourth-order valence-corrected chi connectivity index (χ4v) is 3.27. The highest BCUT2D eigenvalue weighted by Crippen LogP contribution is 2.23. The van der Waals surface area contributed by atoms with Gasteiger partial charge in [0.05, 0.1) is 6.54 Å². The third kappa shape index (κ3) is 6.56. The van der Waals surface area contributed by atoms with Crippen molar-refractivity contribution in [1.82, 2.24) is 10.2 Å². The van der Waals surface area contributed by atoms with Crippen molar-refractivity contribution in [3.8, 4) is 11.5 Å². The molecule has 0 aromatic heterocycles. The number of nitrogens with one attached hydrogen (secondary N) is 2. The Hall–Kier alpha value is -2.93. The molecular weight excluding hydrogens is 385 g/mol. The van der Waals surface area contributed by atoms with Gasteiger partial charge in [-0.3, -0.25) is 14.5 Å². The van der Waals surface area contributed by atoms with E-state index in [-0.39, 0.29) is 17.6 Å². The molecule has 0 spiro atoms. The summed E-state index contributed by atoms with van der Waals surface area (Å²) in [5.41, 5.74) is 0.595. The molecule has 1 aliphatic rings. The quantitative estimate of drug-likeness (QED) is 0.725. The van der Waals surface area contributed by atoms with Gasteiger partial charge < -0.3 is 15.4 Å². The maximum absolute atomic E-state index is 13.0. The molecule has 0 aliphatic carbocycles. The highest BCUT2D eigenvalue weighted by Gasteiger charge is 2.20. The van der Waals surface area contributed by atoms with Crippen LogP contribution in [-0.4, -0.2) is 42.4 Å². The predicted molar refractivity (Wildman–Crippen MR) is 114 cm³/mol. The number of rotatable bonds is 7. The molecule has 3 rings (SSSR count). The van der Waals surface area contributed by atoms with Gasteiger partial charge in [-0.1, -0.05) is 6.92 Å². The van der Waals surface area contributed by atoms with Crippen LogP contribution in [-0.2, 0) is 9.59 Å². The first kappa shape index (κ1) is 21.8. The van der Waals surface area contributed by atoms with E-state index in [1.165, 1.54) is 12.1 Å². The largest absolute Gasteiger partial charge is 0.457 e. The second-order valence-corrected chi connectivity index (χ2v) is 7.82. The fourth-order valence-electron chi connectivity index (χ4n) is 3.27. The number of anilines is 1. The van der Waals surface area contributed by atoms with Crippen LogP contribution in [0, 0.1) is 11.7 Å². The molecule has 2 aromatic rings. The summed E-state index contributed by atoms with van der Waals surface area (Å²) < 4.78 is 18.6. The average molecular weight is 413 g/mol. The molecule has 30 heavy (non-hydrogen) atoms. The number of piperidine rings is 1. The van der Waals surface area contributed by atoms with Crippen molar-refractivity contribution in [3.05, 3.63) is 54.3 Å². The monoisotopic (exact) mass is 413 g/mol. The van der Waals surface area contributed by atoms with Gasteiger partial charge in [-0.25, -0.2) is 4.39 Å². The number of hydrogen-bond donors (Lipinski definition) is 2. The molecule has 1 aliphatic heterocycles. The van der Waals surface area contributed by atoms with E-state index in [0.29, 0.717) is 29.6 Å². The Kier molecular flexibility index (Phi) is 7.41. The van der Waals surface area contributed by atoms with Crippen molar-refractivity contribution in [3.63, 3.8) is 0 Å². The van der Waals surface area contributed by atoms with Gasteiger partial charge in [0.2, 0.25) is 11.8 Å². The summed E-state index contributed by atoms with van der Waals surface area (Å²) in [7, 11) is 0. The molecule has 160 valence electrons. The molecule has 1 unspecified atom stereocenters. The predicted octanol–water partition coefficient (Wildman–Crippen LogP) is 3.79. The van der Waals surface area contributed by atoms with Crippen molar-refractivity contribution in [1.29, 1.82) is 0 Å². The molecule has 2 N–H and O–H groups in total. The minimum Gasteiger partial charge on any atom is -0.457 e. The molecule has 1 fully saturated rings. The molecule has 0 saturated carbocycles. The van der Waals surface area contributed by atoms with Gasteiger partial charge in [0.15, 0.2) is 0 Å². The SMILES string of the molecule is CC1CCN(CC(=O)NC(C)C(=O)Nc2ccc(Oc3ccc(F)cc3)cc2)CC1. The van der Waals surface area contributed by atoms with Crippen molar-refractivity contribution < 1.29 is 18.7 Å². The average Bonchev–Trinajstić information content (AvgIpc) is 2.72. The lowest BCUT2D eigenvalue weighted by atomic mass is 9.99. The van der Waals surface area contributed by atoms with Gasteiger partial charge in [0.25, 0.3) is 0 Å². The maximum Gasteiger partial charge on any atom is 0.246 e. The Labute approximate surface area is 176 Å². The lowest BCUT2D eigenvalue weighted by Gasteiger charge is -2.29. The van der Waals surface area contributed by atoms with E-state index in [9.17, 15) is 14.0 Å². The van der Waals surface area contributed by atoms with Crippen LogP contribution in [0.2, 0.25) is 0 Å². The molecule has 6 nitrogen and oxygen atoms in total. The summed E-state index contributed by atoms with van der Waals surface area (Å²) in [4.78, 5) is 26.7. The van der Waals surface area contributed by atoms with Crippen molar-refractivity contribution in [2.75, 3.05) is 25.0 Å². The third-order valence-corrected chi connectivity index (χ3v) is 5.19. The van der Waals surface area contributed by atoms with Crippen LogP contribution in [0.15, 0.2) is 48.5 Å². The van der Waals surface area contributed by atoms with Gasteiger partial charge >= 0.3 is 0 Å². The van der Waals surface area contributed by atoms with E-state index < -0.39 is 6.04 Å². The first-order valence-corrected chi connectivity index (χ1v) is 10.2. The first-order valence-electron chi connectivity index (χ1n) is 10.2. The smallest absolute Gasteiger partial charge is 0.246 e. The van der Waals surface area contributed by atoms with Crippen molar-refractivity contribution >= 4 is 17.5 Å². The van der Waals surface area contributed by atoms with Gasteiger partial charge in [0.1, 0.15) is 23.4 Å². The third-order valence-electron chi connectivity index (χ3n) is 5.19. The Balaban J connectivity index is 1.45. The lowest BCUT2D eigenvalue weighted by Crippen LogP contribution is -2.47. The van der Waals surface area contributed by atoms with Crippen LogP contribution in [0.25, 0.3) is 0 Å². The summed E-state index contributed by atoms with van der Waals surface area (Å²) in [6, 6.07) is 11.9. The number of carbonyl (C=O) groups is 2. The van der Waals surface area contributed by atoms with E-state index in [1.54, 1.807) is 43.3 Å². The molecule has 2 aromatic carbocycles. The van der Waals surface area contributed by atoms with Gasteiger partial charge in [-0.2, -0.15) is 0 Å². The van der Waals surface area contributed by atoms with Crippen LogP contribution in [0.3, 0.4) is 0 Å². The number of hydrogen-bond acceptors (Lipinski definition) is 4. The van der Waals surface area contributed by atoms with Gasteiger partial charge in [-0.15, -0.1) is 0 Å². The van der Waals surface area contributed by atoms with Gasteiger partial charge in [-0.05, 0) is 87.3 Å². The zero-order chi connectivity index (χ0) is 21.5. The number of benzene rings is 2. The van der Waals surface area contributed by atoms with E-state index in [4.69, 9.17) is 4.74 Å². The van der Waals surface area contributed by atoms with E-state index in [0.717, 1.165) is 25.9 Å². The normalized spacial score (nSPS) is 16.0. The maximum atomic E-state index is 13.0. The molecule has 0 bridgehead atoms. The molecule has 1 atom stereocenters. The zero-order valence-corrected chi connectivity index (χ0v) is 17.4. The van der Waals surface area contributed by atoms with Gasteiger partial charge in [0, 0.05) is 5.69 Å². The summed E-state index contributed by atoms with van der Waals surface area (Å²) in [6.07, 6.45) is 2.20. The van der Waals surface area contributed by atoms with Crippen molar-refractivity contribution in [2.24, 2.45) is 5.92 Å². The van der Waals surface area contributed by atoms with Crippen molar-refractivity contribution in [2.45, 2.75) is 32.7 Å². The molecule has 0 radical (unpaired) electrons.